The first-order valence-electron chi connectivity index (χ1n) is 6.17. The molecule has 0 aliphatic heterocycles. The third-order valence-electron chi connectivity index (χ3n) is 2.95. The average Bonchev–Trinajstić information content (AvgIpc) is 2.49. The van der Waals surface area contributed by atoms with Crippen LogP contribution in [-0.4, -0.2) is 13.0 Å². The number of nitrogens with one attached hydrogen (secondary N) is 1. The Kier molecular flexibility index (Phi) is 4.65. The maximum absolute atomic E-state index is 13.4. The molecule has 0 heterocycles. The highest BCUT2D eigenvalue weighted by atomic mass is 35.5. The lowest BCUT2D eigenvalue weighted by molar-refractivity contribution is 0.0951. The van der Waals surface area contributed by atoms with Crippen molar-refractivity contribution in [2.45, 2.75) is 6.54 Å². The lowest BCUT2D eigenvalue weighted by Gasteiger charge is -2.09. The molecule has 0 unspecified atom stereocenters. The number of hydrogen-bond acceptors (Lipinski definition) is 3. The molecule has 2 aromatic carbocycles. The Morgan fingerprint density at radius 3 is 2.62 bits per heavy atom. The molecule has 0 fully saturated rings. The minimum Gasteiger partial charge on any atom is -0.497 e. The number of rotatable bonds is 4. The molecule has 0 aromatic heterocycles. The van der Waals surface area contributed by atoms with E-state index in [2.05, 4.69) is 5.32 Å². The van der Waals surface area contributed by atoms with Crippen molar-refractivity contribution >= 4 is 23.2 Å². The highest BCUT2D eigenvalue weighted by Gasteiger charge is 2.13. The molecule has 0 aliphatic rings. The molecule has 1 amide bonds. The van der Waals surface area contributed by atoms with Gasteiger partial charge in [-0.25, -0.2) is 4.39 Å². The maximum atomic E-state index is 13.4. The van der Waals surface area contributed by atoms with Crippen molar-refractivity contribution in [2.24, 2.45) is 0 Å². The molecule has 21 heavy (non-hydrogen) atoms. The van der Waals surface area contributed by atoms with Gasteiger partial charge in [0, 0.05) is 12.2 Å². The van der Waals surface area contributed by atoms with Crippen LogP contribution in [0.1, 0.15) is 15.9 Å². The van der Waals surface area contributed by atoms with Crippen molar-refractivity contribution in [3.05, 3.63) is 58.4 Å². The number of anilines is 1. The molecule has 0 radical (unpaired) electrons. The van der Waals surface area contributed by atoms with Gasteiger partial charge in [0.05, 0.1) is 17.7 Å². The molecule has 3 N–H and O–H groups in total. The van der Waals surface area contributed by atoms with Gasteiger partial charge in [-0.1, -0.05) is 23.7 Å². The molecule has 0 bridgehead atoms. The van der Waals surface area contributed by atoms with Crippen LogP contribution in [0, 0.1) is 5.82 Å². The molecular weight excluding hydrogens is 295 g/mol. The molecule has 0 spiro atoms. The Balaban J connectivity index is 2.06. The summed E-state index contributed by atoms with van der Waals surface area (Å²) in [5.74, 6) is -0.409. The van der Waals surface area contributed by atoms with E-state index >= 15 is 0 Å². The summed E-state index contributed by atoms with van der Waals surface area (Å²) >= 11 is 5.59. The first-order chi connectivity index (χ1) is 10.0. The Labute approximate surface area is 126 Å². The Hall–Kier alpha value is -2.27. The zero-order chi connectivity index (χ0) is 15.4. The number of amides is 1. The Morgan fingerprint density at radius 1 is 1.33 bits per heavy atom. The van der Waals surface area contributed by atoms with Crippen LogP contribution in [-0.2, 0) is 6.54 Å². The van der Waals surface area contributed by atoms with Crippen molar-refractivity contribution in [1.82, 2.24) is 5.32 Å². The van der Waals surface area contributed by atoms with Crippen LogP contribution in [0.3, 0.4) is 0 Å². The van der Waals surface area contributed by atoms with Crippen LogP contribution in [0.25, 0.3) is 0 Å². The molecular formula is C15H14ClFN2O2. The second kappa shape index (κ2) is 6.45. The third kappa shape index (κ3) is 3.64. The lowest BCUT2D eigenvalue weighted by atomic mass is 10.1. The molecule has 6 heteroatoms. The van der Waals surface area contributed by atoms with Gasteiger partial charge in [-0.2, -0.15) is 0 Å². The van der Waals surface area contributed by atoms with Crippen LogP contribution in [0.5, 0.6) is 5.75 Å². The molecule has 2 aromatic rings. The third-order valence-corrected chi connectivity index (χ3v) is 3.24. The first kappa shape index (κ1) is 15.1. The summed E-state index contributed by atoms with van der Waals surface area (Å²) in [6.07, 6.45) is 0. The standard InChI is InChI=1S/C15H14ClFN2O2/c1-21-10-4-2-9(3-5-10)8-19-15(20)11-6-13(17)12(16)7-14(11)18/h2-7H,8,18H2,1H3,(H,19,20). The molecule has 2 rings (SSSR count). The van der Waals surface area contributed by atoms with Gasteiger partial charge in [-0.05, 0) is 29.8 Å². The summed E-state index contributed by atoms with van der Waals surface area (Å²) in [5.41, 5.74) is 6.75. The van der Waals surface area contributed by atoms with Gasteiger partial charge in [0.15, 0.2) is 0 Å². The van der Waals surface area contributed by atoms with Gasteiger partial charge in [0.2, 0.25) is 0 Å². The minimum absolute atomic E-state index is 0.0606. The second-order valence-corrected chi connectivity index (χ2v) is 4.79. The van der Waals surface area contributed by atoms with Gasteiger partial charge in [-0.3, -0.25) is 4.79 Å². The largest absolute Gasteiger partial charge is 0.497 e. The molecule has 0 saturated heterocycles. The van der Waals surface area contributed by atoms with Crippen LogP contribution in [0.4, 0.5) is 10.1 Å². The first-order valence-corrected chi connectivity index (χ1v) is 6.54. The van der Waals surface area contributed by atoms with Gasteiger partial charge >= 0.3 is 0 Å². The minimum atomic E-state index is -0.680. The number of hydrogen-bond donors (Lipinski definition) is 2. The lowest BCUT2D eigenvalue weighted by Crippen LogP contribution is -2.24. The van der Waals surface area contributed by atoms with Gasteiger partial charge in [-0.15, -0.1) is 0 Å². The topological polar surface area (TPSA) is 64.3 Å². The van der Waals surface area contributed by atoms with Crippen molar-refractivity contribution < 1.29 is 13.9 Å². The number of methoxy groups -OCH3 is 1. The Bertz CT molecular complexity index is 659. The van der Waals surface area contributed by atoms with E-state index in [-0.39, 0.29) is 16.3 Å². The normalized spacial score (nSPS) is 10.2. The fraction of sp³-hybridized carbons (Fsp3) is 0.133. The smallest absolute Gasteiger partial charge is 0.253 e. The van der Waals surface area contributed by atoms with E-state index in [0.717, 1.165) is 17.4 Å². The fourth-order valence-corrected chi connectivity index (χ4v) is 1.95. The van der Waals surface area contributed by atoms with Crippen molar-refractivity contribution in [1.29, 1.82) is 0 Å². The van der Waals surface area contributed by atoms with Gasteiger partial charge in [0.25, 0.3) is 5.91 Å². The van der Waals surface area contributed by atoms with Crippen molar-refractivity contribution in [2.75, 3.05) is 12.8 Å². The maximum Gasteiger partial charge on any atom is 0.253 e. The predicted molar refractivity (Wildman–Crippen MR) is 80.0 cm³/mol. The highest BCUT2D eigenvalue weighted by molar-refractivity contribution is 6.31. The molecule has 0 atom stereocenters. The monoisotopic (exact) mass is 308 g/mol. The van der Waals surface area contributed by atoms with E-state index in [4.69, 9.17) is 22.1 Å². The van der Waals surface area contributed by atoms with E-state index < -0.39 is 11.7 Å². The number of benzene rings is 2. The zero-order valence-electron chi connectivity index (χ0n) is 11.3. The van der Waals surface area contributed by atoms with E-state index in [1.165, 1.54) is 6.07 Å². The molecule has 110 valence electrons. The number of ether oxygens (including phenoxy) is 1. The number of nitrogen functional groups attached to an aromatic ring is 1. The van der Waals surface area contributed by atoms with E-state index in [9.17, 15) is 9.18 Å². The number of nitrogens with two attached hydrogens (primary N) is 1. The number of carbonyl (C=O) groups excluding carboxylic acids is 1. The molecule has 0 aliphatic carbocycles. The summed E-state index contributed by atoms with van der Waals surface area (Å²) in [6.45, 7) is 0.298. The van der Waals surface area contributed by atoms with Gasteiger partial charge < -0.3 is 15.8 Å². The van der Waals surface area contributed by atoms with Crippen LogP contribution in [0.2, 0.25) is 5.02 Å². The summed E-state index contributed by atoms with van der Waals surface area (Å²) in [5, 5.41) is 2.56. The SMILES string of the molecule is COc1ccc(CNC(=O)c2cc(F)c(Cl)cc2N)cc1. The molecule has 0 saturated carbocycles. The van der Waals surface area contributed by atoms with E-state index in [0.29, 0.717) is 6.54 Å². The summed E-state index contributed by atoms with van der Waals surface area (Å²) in [6, 6.07) is 9.48. The fourth-order valence-electron chi connectivity index (χ4n) is 1.78. The van der Waals surface area contributed by atoms with Crippen molar-refractivity contribution in [3.8, 4) is 5.75 Å². The average molecular weight is 309 g/mol. The highest BCUT2D eigenvalue weighted by Crippen LogP contribution is 2.22. The predicted octanol–water partition coefficient (Wildman–Crippen LogP) is 3.00. The van der Waals surface area contributed by atoms with Crippen molar-refractivity contribution in [3.63, 3.8) is 0 Å². The number of carbonyl (C=O) groups is 1. The summed E-state index contributed by atoms with van der Waals surface area (Å²) < 4.78 is 18.4. The molecule has 4 nitrogen and oxygen atoms in total. The van der Waals surface area contributed by atoms with E-state index in [1.54, 1.807) is 19.2 Å². The zero-order valence-corrected chi connectivity index (χ0v) is 12.1. The van der Waals surface area contributed by atoms with Crippen LogP contribution < -0.4 is 15.8 Å². The Morgan fingerprint density at radius 2 is 2.00 bits per heavy atom. The van der Waals surface area contributed by atoms with Crippen LogP contribution >= 0.6 is 11.6 Å². The van der Waals surface area contributed by atoms with Gasteiger partial charge in [0.1, 0.15) is 11.6 Å². The number of halogens is 2. The summed E-state index contributed by atoms with van der Waals surface area (Å²) in [4.78, 5) is 12.0. The second-order valence-electron chi connectivity index (χ2n) is 4.38. The van der Waals surface area contributed by atoms with E-state index in [1.807, 2.05) is 12.1 Å². The quantitative estimate of drug-likeness (QED) is 0.853. The van der Waals surface area contributed by atoms with Crippen LogP contribution in [0.15, 0.2) is 36.4 Å². The summed E-state index contributed by atoms with van der Waals surface area (Å²) in [7, 11) is 1.58.